The number of halogens is 2. The Hall–Kier alpha value is -0.970. The third-order valence-electron chi connectivity index (χ3n) is 2.91. The lowest BCUT2D eigenvalue weighted by Crippen LogP contribution is -2.40. The molecule has 0 fully saturated rings. The lowest BCUT2D eigenvalue weighted by atomic mass is 10.2. The molecular weight excluding hydrogens is 323 g/mol. The van der Waals surface area contributed by atoms with Gasteiger partial charge in [0.05, 0.1) is 10.0 Å². The second-order valence-electron chi connectivity index (χ2n) is 5.99. The van der Waals surface area contributed by atoms with Crippen molar-refractivity contribution >= 4 is 29.3 Å². The molecule has 0 heterocycles. The molecule has 0 saturated carbocycles. The monoisotopic (exact) mass is 346 g/mol. The highest BCUT2D eigenvalue weighted by atomic mass is 35.5. The van der Waals surface area contributed by atoms with Gasteiger partial charge in [-0.1, -0.05) is 29.3 Å². The Balaban J connectivity index is 2.38. The van der Waals surface area contributed by atoms with Crippen molar-refractivity contribution in [2.24, 2.45) is 0 Å². The zero-order valence-electron chi connectivity index (χ0n) is 13.6. The molecule has 0 bridgehead atoms. The van der Waals surface area contributed by atoms with Crippen LogP contribution in [0.4, 0.5) is 4.79 Å². The number of nitrogens with one attached hydrogen (secondary N) is 1. The summed E-state index contributed by atoms with van der Waals surface area (Å²) in [5.74, 6) is 0. The molecule has 6 heteroatoms. The molecule has 0 aliphatic rings. The van der Waals surface area contributed by atoms with Gasteiger partial charge in [-0.15, -0.1) is 0 Å². The molecule has 0 spiro atoms. The fraction of sp³-hybridized carbons (Fsp3) is 0.562. The molecule has 0 atom stereocenters. The number of carbonyl (C=O) groups excluding carboxylic acids is 1. The summed E-state index contributed by atoms with van der Waals surface area (Å²) in [7, 11) is 0. The van der Waals surface area contributed by atoms with Crippen molar-refractivity contribution in [3.63, 3.8) is 0 Å². The Labute approximate surface area is 142 Å². The second kappa shape index (κ2) is 8.61. The minimum Gasteiger partial charge on any atom is -0.444 e. The zero-order chi connectivity index (χ0) is 16.8. The average molecular weight is 347 g/mol. The van der Waals surface area contributed by atoms with Gasteiger partial charge in [-0.05, 0) is 45.4 Å². The van der Waals surface area contributed by atoms with Crippen LogP contribution < -0.4 is 5.32 Å². The number of likely N-dealkylation sites (N-methyl/N-ethyl adjacent to an activating group) is 1. The summed E-state index contributed by atoms with van der Waals surface area (Å²) in [5, 5.41) is 4.37. The first kappa shape index (κ1) is 19.1. The lowest BCUT2D eigenvalue weighted by Gasteiger charge is -2.26. The Kier molecular flexibility index (Phi) is 7.46. The molecule has 1 amide bonds. The van der Waals surface area contributed by atoms with E-state index >= 15 is 0 Å². The molecule has 1 rings (SSSR count). The number of nitrogens with zero attached hydrogens (tertiary/aromatic N) is 1. The van der Waals surface area contributed by atoms with E-state index in [2.05, 4.69) is 5.32 Å². The molecule has 0 unspecified atom stereocenters. The third kappa shape index (κ3) is 6.86. The highest BCUT2D eigenvalue weighted by Crippen LogP contribution is 2.22. The summed E-state index contributed by atoms with van der Waals surface area (Å²) < 4.78 is 5.36. The Morgan fingerprint density at radius 2 is 1.95 bits per heavy atom. The van der Waals surface area contributed by atoms with Gasteiger partial charge in [0.2, 0.25) is 0 Å². The Bertz CT molecular complexity index is 501. The quantitative estimate of drug-likeness (QED) is 0.779. The van der Waals surface area contributed by atoms with Gasteiger partial charge in [0.15, 0.2) is 0 Å². The van der Waals surface area contributed by atoms with Crippen LogP contribution >= 0.6 is 23.2 Å². The fourth-order valence-corrected chi connectivity index (χ4v) is 2.12. The van der Waals surface area contributed by atoms with Gasteiger partial charge in [-0.2, -0.15) is 0 Å². The maximum atomic E-state index is 12.0. The number of rotatable bonds is 6. The minimum absolute atomic E-state index is 0.286. The normalized spacial score (nSPS) is 11.4. The van der Waals surface area contributed by atoms with E-state index in [1.54, 1.807) is 11.0 Å². The molecule has 1 aromatic carbocycles. The van der Waals surface area contributed by atoms with Crippen LogP contribution in [-0.4, -0.2) is 36.2 Å². The van der Waals surface area contributed by atoms with Crippen molar-refractivity contribution in [3.8, 4) is 0 Å². The molecule has 1 aromatic rings. The first-order valence-corrected chi connectivity index (χ1v) is 8.11. The SMILES string of the molecule is CCN(CCNCc1ccc(Cl)c(Cl)c1)C(=O)OC(C)(C)C. The highest BCUT2D eigenvalue weighted by molar-refractivity contribution is 6.42. The standard InChI is InChI=1S/C16H24Cl2N2O2/c1-5-20(15(21)22-16(2,3)4)9-8-19-11-12-6-7-13(17)14(18)10-12/h6-7,10,19H,5,8-9,11H2,1-4H3. The summed E-state index contributed by atoms with van der Waals surface area (Å²) in [5.41, 5.74) is 0.576. The van der Waals surface area contributed by atoms with E-state index in [-0.39, 0.29) is 6.09 Å². The molecular formula is C16H24Cl2N2O2. The summed E-state index contributed by atoms with van der Waals surface area (Å²) in [6.45, 7) is 10.1. The number of amides is 1. The lowest BCUT2D eigenvalue weighted by molar-refractivity contribution is 0.0262. The van der Waals surface area contributed by atoms with Crippen molar-refractivity contribution in [2.75, 3.05) is 19.6 Å². The smallest absolute Gasteiger partial charge is 0.410 e. The second-order valence-corrected chi connectivity index (χ2v) is 6.80. The van der Waals surface area contributed by atoms with Crippen LogP contribution in [-0.2, 0) is 11.3 Å². The average Bonchev–Trinajstić information content (AvgIpc) is 2.40. The van der Waals surface area contributed by atoms with Gasteiger partial charge in [0, 0.05) is 26.2 Å². The summed E-state index contributed by atoms with van der Waals surface area (Å²) >= 11 is 11.9. The van der Waals surface area contributed by atoms with Crippen molar-refractivity contribution in [1.82, 2.24) is 10.2 Å². The van der Waals surface area contributed by atoms with Crippen molar-refractivity contribution < 1.29 is 9.53 Å². The number of benzene rings is 1. The summed E-state index contributed by atoms with van der Waals surface area (Å²) in [4.78, 5) is 13.7. The zero-order valence-corrected chi connectivity index (χ0v) is 15.1. The Morgan fingerprint density at radius 3 is 2.50 bits per heavy atom. The van der Waals surface area contributed by atoms with E-state index in [4.69, 9.17) is 27.9 Å². The van der Waals surface area contributed by atoms with E-state index < -0.39 is 5.60 Å². The molecule has 0 saturated heterocycles. The van der Waals surface area contributed by atoms with Crippen LogP contribution in [0.3, 0.4) is 0 Å². The maximum absolute atomic E-state index is 12.0. The van der Waals surface area contributed by atoms with E-state index in [1.165, 1.54) is 0 Å². The van der Waals surface area contributed by atoms with E-state index in [0.717, 1.165) is 5.56 Å². The molecule has 0 aliphatic carbocycles. The minimum atomic E-state index is -0.474. The molecule has 0 aromatic heterocycles. The van der Waals surface area contributed by atoms with Crippen molar-refractivity contribution in [3.05, 3.63) is 33.8 Å². The number of carbonyl (C=O) groups is 1. The molecule has 0 aliphatic heterocycles. The van der Waals surface area contributed by atoms with Crippen LogP contribution in [0.2, 0.25) is 10.0 Å². The molecule has 124 valence electrons. The van der Waals surface area contributed by atoms with Crippen LogP contribution in [0.1, 0.15) is 33.3 Å². The maximum Gasteiger partial charge on any atom is 0.410 e. The third-order valence-corrected chi connectivity index (χ3v) is 3.64. The summed E-state index contributed by atoms with van der Waals surface area (Å²) in [6, 6.07) is 5.54. The van der Waals surface area contributed by atoms with Crippen molar-refractivity contribution in [2.45, 2.75) is 39.8 Å². The largest absolute Gasteiger partial charge is 0.444 e. The highest BCUT2D eigenvalue weighted by Gasteiger charge is 2.20. The molecule has 22 heavy (non-hydrogen) atoms. The molecule has 4 nitrogen and oxygen atoms in total. The fourth-order valence-electron chi connectivity index (χ4n) is 1.80. The van der Waals surface area contributed by atoms with E-state index in [0.29, 0.717) is 36.2 Å². The first-order chi connectivity index (χ1) is 10.2. The van der Waals surface area contributed by atoms with Crippen LogP contribution in [0, 0.1) is 0 Å². The van der Waals surface area contributed by atoms with Crippen LogP contribution in [0.15, 0.2) is 18.2 Å². The predicted octanol–water partition coefficient (Wildman–Crippen LogP) is 4.34. The topological polar surface area (TPSA) is 41.6 Å². The van der Waals surface area contributed by atoms with E-state index in [1.807, 2.05) is 39.8 Å². The summed E-state index contributed by atoms with van der Waals surface area (Å²) in [6.07, 6.45) is -0.286. The number of hydrogen-bond donors (Lipinski definition) is 1. The number of ether oxygens (including phenoxy) is 1. The van der Waals surface area contributed by atoms with Gasteiger partial charge in [-0.3, -0.25) is 0 Å². The van der Waals surface area contributed by atoms with Gasteiger partial charge in [-0.25, -0.2) is 4.79 Å². The molecule has 1 N–H and O–H groups in total. The van der Waals surface area contributed by atoms with Gasteiger partial charge < -0.3 is 15.0 Å². The predicted molar refractivity (Wildman–Crippen MR) is 91.6 cm³/mol. The van der Waals surface area contributed by atoms with Crippen LogP contribution in [0.5, 0.6) is 0 Å². The Morgan fingerprint density at radius 1 is 1.27 bits per heavy atom. The van der Waals surface area contributed by atoms with E-state index in [9.17, 15) is 4.79 Å². The van der Waals surface area contributed by atoms with Gasteiger partial charge >= 0.3 is 6.09 Å². The molecule has 0 radical (unpaired) electrons. The van der Waals surface area contributed by atoms with Crippen molar-refractivity contribution in [1.29, 1.82) is 0 Å². The van der Waals surface area contributed by atoms with Gasteiger partial charge in [0.1, 0.15) is 5.60 Å². The first-order valence-electron chi connectivity index (χ1n) is 7.35. The van der Waals surface area contributed by atoms with Crippen LogP contribution in [0.25, 0.3) is 0 Å². The number of hydrogen-bond acceptors (Lipinski definition) is 3. The van der Waals surface area contributed by atoms with Gasteiger partial charge in [0.25, 0.3) is 0 Å².